The molecule has 3 nitrogen and oxygen atoms in total. The molecule has 1 rings (SSSR count). The molecule has 1 aromatic carbocycles. The SMILES string of the molecule is C=C/C=C(\C=C)CNC(=O)C(C)Oc1ccc(Cl)cc1Cl. The Kier molecular flexibility index (Phi) is 7.06. The van der Waals surface area contributed by atoms with Crippen molar-refractivity contribution in [1.29, 1.82) is 0 Å². The molecule has 112 valence electrons. The predicted octanol–water partition coefficient (Wildman–Crippen LogP) is 4.18. The molecule has 5 heteroatoms. The summed E-state index contributed by atoms with van der Waals surface area (Å²) in [6.45, 7) is 9.26. The van der Waals surface area contributed by atoms with Crippen molar-refractivity contribution in [3.63, 3.8) is 0 Å². The first-order valence-electron chi connectivity index (χ1n) is 6.31. The van der Waals surface area contributed by atoms with E-state index in [0.717, 1.165) is 5.57 Å². The Labute approximate surface area is 134 Å². The standard InChI is InChI=1S/C16H17Cl2NO2/c1-4-6-12(5-2)10-19-16(20)11(3)21-15-8-7-13(17)9-14(15)18/h4-9,11H,1-2,10H2,3H3,(H,19,20)/b12-6+. The number of hydrogen-bond acceptors (Lipinski definition) is 2. The maximum absolute atomic E-state index is 12.0. The second kappa shape index (κ2) is 8.55. The summed E-state index contributed by atoms with van der Waals surface area (Å²) < 4.78 is 5.52. The lowest BCUT2D eigenvalue weighted by molar-refractivity contribution is -0.127. The summed E-state index contributed by atoms with van der Waals surface area (Å²) in [4.78, 5) is 12.0. The first-order valence-corrected chi connectivity index (χ1v) is 7.07. The van der Waals surface area contributed by atoms with Gasteiger partial charge in [-0.3, -0.25) is 4.79 Å². The third kappa shape index (κ3) is 5.66. The van der Waals surface area contributed by atoms with E-state index in [1.807, 2.05) is 0 Å². The number of ether oxygens (including phenoxy) is 1. The average molecular weight is 326 g/mol. The van der Waals surface area contributed by atoms with E-state index in [0.29, 0.717) is 22.3 Å². The molecule has 0 bridgehead atoms. The number of amides is 1. The Balaban J connectivity index is 2.60. The van der Waals surface area contributed by atoms with E-state index in [1.165, 1.54) is 0 Å². The third-order valence-electron chi connectivity index (χ3n) is 2.63. The van der Waals surface area contributed by atoms with Crippen LogP contribution in [-0.4, -0.2) is 18.6 Å². The highest BCUT2D eigenvalue weighted by atomic mass is 35.5. The van der Waals surface area contributed by atoms with Gasteiger partial charge in [-0.15, -0.1) is 0 Å². The second-order valence-electron chi connectivity index (χ2n) is 4.23. The number of rotatable bonds is 7. The zero-order valence-corrected chi connectivity index (χ0v) is 13.2. The van der Waals surface area contributed by atoms with Crippen LogP contribution in [0.4, 0.5) is 0 Å². The van der Waals surface area contributed by atoms with E-state index in [4.69, 9.17) is 27.9 Å². The van der Waals surface area contributed by atoms with Gasteiger partial charge in [0.2, 0.25) is 0 Å². The van der Waals surface area contributed by atoms with Crippen molar-refractivity contribution >= 4 is 29.1 Å². The summed E-state index contributed by atoms with van der Waals surface area (Å²) in [6, 6.07) is 4.84. The van der Waals surface area contributed by atoms with Crippen LogP contribution in [0.3, 0.4) is 0 Å². The van der Waals surface area contributed by atoms with Crippen molar-refractivity contribution in [3.8, 4) is 5.75 Å². The van der Waals surface area contributed by atoms with Crippen molar-refractivity contribution in [3.05, 3.63) is 65.2 Å². The normalized spacial score (nSPS) is 12.4. The van der Waals surface area contributed by atoms with Crippen molar-refractivity contribution in [2.75, 3.05) is 6.54 Å². The van der Waals surface area contributed by atoms with Crippen LogP contribution in [0.25, 0.3) is 0 Å². The third-order valence-corrected chi connectivity index (χ3v) is 3.16. The quantitative estimate of drug-likeness (QED) is 0.764. The van der Waals surface area contributed by atoms with Crippen LogP contribution < -0.4 is 10.1 Å². The number of hydrogen-bond donors (Lipinski definition) is 1. The van der Waals surface area contributed by atoms with E-state index >= 15 is 0 Å². The molecule has 0 saturated carbocycles. The summed E-state index contributed by atoms with van der Waals surface area (Å²) in [6.07, 6.45) is 4.38. The van der Waals surface area contributed by atoms with E-state index in [-0.39, 0.29) is 5.91 Å². The van der Waals surface area contributed by atoms with Crippen molar-refractivity contribution < 1.29 is 9.53 Å². The highest BCUT2D eigenvalue weighted by Gasteiger charge is 2.15. The fraction of sp³-hybridized carbons (Fsp3) is 0.188. The molecule has 21 heavy (non-hydrogen) atoms. The number of halogens is 2. The molecule has 1 aromatic rings. The van der Waals surface area contributed by atoms with E-state index in [9.17, 15) is 4.79 Å². The smallest absolute Gasteiger partial charge is 0.261 e. The first-order chi connectivity index (χ1) is 9.97. The number of allylic oxidation sites excluding steroid dienone is 2. The zero-order valence-electron chi connectivity index (χ0n) is 11.7. The molecule has 0 heterocycles. The lowest BCUT2D eigenvalue weighted by Gasteiger charge is -2.16. The molecule has 0 aliphatic carbocycles. The van der Waals surface area contributed by atoms with Crippen LogP contribution in [0, 0.1) is 0 Å². The Bertz CT molecular complexity index is 567. The van der Waals surface area contributed by atoms with Gasteiger partial charge in [-0.1, -0.05) is 54.6 Å². The Morgan fingerprint density at radius 1 is 1.43 bits per heavy atom. The fourth-order valence-corrected chi connectivity index (χ4v) is 1.95. The van der Waals surface area contributed by atoms with Crippen LogP contribution in [0.15, 0.2) is 55.2 Å². The molecular formula is C16H17Cl2NO2. The Hall–Kier alpha value is -1.71. The lowest BCUT2D eigenvalue weighted by Crippen LogP contribution is -2.37. The minimum Gasteiger partial charge on any atom is -0.479 e. The minimum atomic E-state index is -0.682. The summed E-state index contributed by atoms with van der Waals surface area (Å²) in [7, 11) is 0. The van der Waals surface area contributed by atoms with Gasteiger partial charge >= 0.3 is 0 Å². The summed E-state index contributed by atoms with van der Waals surface area (Å²) >= 11 is 11.8. The molecule has 0 spiro atoms. The highest BCUT2D eigenvalue weighted by Crippen LogP contribution is 2.28. The number of nitrogens with one attached hydrogen (secondary N) is 1. The van der Waals surface area contributed by atoms with Gasteiger partial charge in [0.1, 0.15) is 5.75 Å². The Morgan fingerprint density at radius 3 is 2.71 bits per heavy atom. The summed E-state index contributed by atoms with van der Waals surface area (Å²) in [5.74, 6) is 0.159. The van der Waals surface area contributed by atoms with Crippen LogP contribution in [0.1, 0.15) is 6.92 Å². The number of carbonyl (C=O) groups excluding carboxylic acids is 1. The number of benzene rings is 1. The molecule has 0 aliphatic heterocycles. The van der Waals surface area contributed by atoms with Crippen LogP contribution in [0.2, 0.25) is 10.0 Å². The van der Waals surface area contributed by atoms with Gasteiger partial charge in [-0.25, -0.2) is 0 Å². The van der Waals surface area contributed by atoms with Crippen molar-refractivity contribution in [2.45, 2.75) is 13.0 Å². The second-order valence-corrected chi connectivity index (χ2v) is 5.08. The van der Waals surface area contributed by atoms with Crippen molar-refractivity contribution in [1.82, 2.24) is 5.32 Å². The molecule has 1 N–H and O–H groups in total. The minimum absolute atomic E-state index is 0.252. The monoisotopic (exact) mass is 325 g/mol. The molecule has 1 unspecified atom stereocenters. The van der Waals surface area contributed by atoms with Gasteiger partial charge in [0.25, 0.3) is 5.91 Å². The van der Waals surface area contributed by atoms with Gasteiger partial charge in [0.05, 0.1) is 5.02 Å². The molecule has 0 saturated heterocycles. The molecule has 0 radical (unpaired) electrons. The van der Waals surface area contributed by atoms with Gasteiger partial charge in [-0.2, -0.15) is 0 Å². The first kappa shape index (κ1) is 17.3. The van der Waals surface area contributed by atoms with Crippen LogP contribution in [0.5, 0.6) is 5.75 Å². The van der Waals surface area contributed by atoms with Gasteiger partial charge in [0, 0.05) is 11.6 Å². The highest BCUT2D eigenvalue weighted by molar-refractivity contribution is 6.35. The molecule has 0 aliphatic rings. The van der Waals surface area contributed by atoms with Gasteiger partial charge in [0.15, 0.2) is 6.10 Å². The maximum Gasteiger partial charge on any atom is 0.261 e. The summed E-state index contributed by atoms with van der Waals surface area (Å²) in [5, 5.41) is 3.62. The van der Waals surface area contributed by atoms with E-state index < -0.39 is 6.10 Å². The number of carbonyl (C=O) groups is 1. The summed E-state index contributed by atoms with van der Waals surface area (Å²) in [5.41, 5.74) is 0.857. The molecular weight excluding hydrogens is 309 g/mol. The molecule has 0 fully saturated rings. The average Bonchev–Trinajstić information content (AvgIpc) is 2.45. The molecule has 0 aromatic heterocycles. The molecule has 1 amide bonds. The van der Waals surface area contributed by atoms with Crippen LogP contribution in [-0.2, 0) is 4.79 Å². The van der Waals surface area contributed by atoms with Gasteiger partial charge < -0.3 is 10.1 Å². The van der Waals surface area contributed by atoms with E-state index in [1.54, 1.807) is 43.4 Å². The lowest BCUT2D eigenvalue weighted by atomic mass is 10.2. The largest absolute Gasteiger partial charge is 0.479 e. The Morgan fingerprint density at radius 2 is 2.14 bits per heavy atom. The molecule has 1 atom stereocenters. The maximum atomic E-state index is 12.0. The van der Waals surface area contributed by atoms with Gasteiger partial charge in [-0.05, 0) is 30.7 Å². The van der Waals surface area contributed by atoms with Crippen molar-refractivity contribution in [2.24, 2.45) is 0 Å². The topological polar surface area (TPSA) is 38.3 Å². The fourth-order valence-electron chi connectivity index (χ4n) is 1.50. The van der Waals surface area contributed by atoms with E-state index in [2.05, 4.69) is 18.5 Å². The zero-order chi connectivity index (χ0) is 15.8. The predicted molar refractivity (Wildman–Crippen MR) is 88.0 cm³/mol. The van der Waals surface area contributed by atoms with Crippen LogP contribution >= 0.6 is 23.2 Å².